The average molecular weight is 314 g/mol. The molecular formula is C12H17N3O2Se. The van der Waals surface area contributed by atoms with Crippen LogP contribution in [0.25, 0.3) is 0 Å². The third-order valence-corrected chi connectivity index (χ3v) is 5.60. The van der Waals surface area contributed by atoms with Gasteiger partial charge in [0.05, 0.1) is 0 Å². The molecule has 0 radical (unpaired) electrons. The Hall–Kier alpha value is -1.13. The van der Waals surface area contributed by atoms with Gasteiger partial charge in [-0.05, 0) is 0 Å². The van der Waals surface area contributed by atoms with Crippen LogP contribution < -0.4 is 0 Å². The number of fused-ring (bicyclic) bond motifs is 1. The molecule has 0 N–H and O–H groups in total. The van der Waals surface area contributed by atoms with Crippen LogP contribution in [0.4, 0.5) is 0 Å². The standard InChI is InChI=1S/C12H17N3O2Se/c1-15(2)14-13-9-7-18-10-6-4-5-8(11(9)10)12(16)17-3/h4-6,8-9,11H,7H2,1-3H3. The number of allylic oxidation sites excluding steroid dienone is 2. The molecule has 5 nitrogen and oxygen atoms in total. The van der Waals surface area contributed by atoms with Crippen LogP contribution in [0.5, 0.6) is 0 Å². The zero-order valence-corrected chi connectivity index (χ0v) is 12.5. The molecule has 0 aromatic heterocycles. The first-order valence-electron chi connectivity index (χ1n) is 5.80. The fourth-order valence-electron chi connectivity index (χ4n) is 2.17. The number of carbonyl (C=O) groups is 1. The molecular weight excluding hydrogens is 297 g/mol. The van der Waals surface area contributed by atoms with E-state index in [1.54, 1.807) is 5.01 Å². The molecule has 1 aliphatic carbocycles. The van der Waals surface area contributed by atoms with E-state index in [1.165, 1.54) is 11.6 Å². The molecule has 0 amide bonds. The van der Waals surface area contributed by atoms with E-state index in [9.17, 15) is 4.79 Å². The second-order valence-corrected chi connectivity index (χ2v) is 6.75. The summed E-state index contributed by atoms with van der Waals surface area (Å²) in [4.78, 5) is 11.8. The summed E-state index contributed by atoms with van der Waals surface area (Å²) in [5.74, 6) is -0.235. The predicted molar refractivity (Wildman–Crippen MR) is 69.1 cm³/mol. The summed E-state index contributed by atoms with van der Waals surface area (Å²) in [7, 11) is 5.13. The van der Waals surface area contributed by atoms with Gasteiger partial charge >= 0.3 is 113 Å². The van der Waals surface area contributed by atoms with E-state index in [0.717, 1.165) is 5.32 Å². The number of ether oxygens (including phenoxy) is 1. The first kappa shape index (κ1) is 13.3. The van der Waals surface area contributed by atoms with E-state index >= 15 is 0 Å². The SMILES string of the molecule is COC(=O)C1C=CC=C2[Se]CC(N=NN(C)C)C21. The summed E-state index contributed by atoms with van der Waals surface area (Å²) in [6.45, 7) is 0. The number of rotatable bonds is 3. The Kier molecular flexibility index (Phi) is 4.19. The summed E-state index contributed by atoms with van der Waals surface area (Å²) in [5, 5.41) is 11.1. The van der Waals surface area contributed by atoms with Crippen molar-refractivity contribution < 1.29 is 9.53 Å². The molecule has 0 bridgehead atoms. The molecule has 1 heterocycles. The van der Waals surface area contributed by atoms with Crippen LogP contribution in [0.1, 0.15) is 0 Å². The minimum absolute atomic E-state index is 0.104. The van der Waals surface area contributed by atoms with E-state index in [4.69, 9.17) is 4.74 Å². The van der Waals surface area contributed by atoms with Crippen molar-refractivity contribution in [2.75, 3.05) is 21.2 Å². The van der Waals surface area contributed by atoms with Gasteiger partial charge in [-0.2, -0.15) is 0 Å². The Bertz CT molecular complexity index is 418. The van der Waals surface area contributed by atoms with Gasteiger partial charge in [0, 0.05) is 0 Å². The Morgan fingerprint density at radius 2 is 2.33 bits per heavy atom. The Labute approximate surface area is 113 Å². The van der Waals surface area contributed by atoms with Gasteiger partial charge in [-0.25, -0.2) is 0 Å². The summed E-state index contributed by atoms with van der Waals surface area (Å²) in [6, 6.07) is 0.104. The number of esters is 1. The molecule has 0 spiro atoms. The Balaban J connectivity index is 2.19. The third kappa shape index (κ3) is 2.65. The van der Waals surface area contributed by atoms with E-state index in [1.807, 2.05) is 26.2 Å². The van der Waals surface area contributed by atoms with Gasteiger partial charge in [-0.3, -0.25) is 0 Å². The van der Waals surface area contributed by atoms with Gasteiger partial charge in [0.25, 0.3) is 0 Å². The van der Waals surface area contributed by atoms with Crippen LogP contribution in [-0.2, 0) is 9.53 Å². The fraction of sp³-hybridized carbons (Fsp3) is 0.583. The first-order chi connectivity index (χ1) is 8.63. The van der Waals surface area contributed by atoms with Gasteiger partial charge in [0.2, 0.25) is 0 Å². The van der Waals surface area contributed by atoms with Crippen molar-refractivity contribution in [3.63, 3.8) is 0 Å². The summed E-state index contributed by atoms with van der Waals surface area (Å²) in [5.41, 5.74) is 0. The van der Waals surface area contributed by atoms with E-state index in [2.05, 4.69) is 16.4 Å². The molecule has 2 aliphatic rings. The maximum atomic E-state index is 11.8. The summed E-state index contributed by atoms with van der Waals surface area (Å²) < 4.78 is 6.23. The Morgan fingerprint density at radius 1 is 1.56 bits per heavy atom. The molecule has 6 heteroatoms. The zero-order valence-electron chi connectivity index (χ0n) is 10.7. The second-order valence-electron chi connectivity index (χ2n) is 4.46. The minimum atomic E-state index is -0.203. The molecule has 1 fully saturated rings. The fourth-order valence-corrected chi connectivity index (χ4v) is 4.92. The summed E-state index contributed by atoms with van der Waals surface area (Å²) in [6.07, 6.45) is 6.00. The van der Waals surface area contributed by atoms with Crippen molar-refractivity contribution in [2.24, 2.45) is 22.2 Å². The molecule has 98 valence electrons. The number of nitrogens with zero attached hydrogens (tertiary/aromatic N) is 3. The molecule has 18 heavy (non-hydrogen) atoms. The van der Waals surface area contributed by atoms with Crippen molar-refractivity contribution in [1.29, 1.82) is 0 Å². The van der Waals surface area contributed by atoms with Crippen LogP contribution in [0, 0.1) is 11.8 Å². The molecule has 1 aliphatic heterocycles. The molecule has 0 aromatic rings. The van der Waals surface area contributed by atoms with Gasteiger partial charge in [0.15, 0.2) is 0 Å². The van der Waals surface area contributed by atoms with Crippen molar-refractivity contribution in [1.82, 2.24) is 5.01 Å². The quantitative estimate of drug-likeness (QED) is 0.341. The molecule has 0 saturated carbocycles. The van der Waals surface area contributed by atoms with Crippen molar-refractivity contribution >= 4 is 20.9 Å². The number of carbonyl (C=O) groups excluding carboxylic acids is 1. The second kappa shape index (κ2) is 5.67. The van der Waals surface area contributed by atoms with Gasteiger partial charge < -0.3 is 0 Å². The molecule has 2 rings (SSSR count). The molecule has 3 unspecified atom stereocenters. The monoisotopic (exact) mass is 315 g/mol. The van der Waals surface area contributed by atoms with Gasteiger partial charge in [0.1, 0.15) is 0 Å². The van der Waals surface area contributed by atoms with Crippen molar-refractivity contribution in [3.05, 3.63) is 22.7 Å². The van der Waals surface area contributed by atoms with E-state index in [-0.39, 0.29) is 23.8 Å². The normalized spacial score (nSPS) is 30.2. The van der Waals surface area contributed by atoms with Crippen LogP contribution in [0.2, 0.25) is 5.32 Å². The van der Waals surface area contributed by atoms with Crippen LogP contribution in [0.3, 0.4) is 0 Å². The molecule has 3 atom stereocenters. The predicted octanol–water partition coefficient (Wildman–Crippen LogP) is 1.28. The van der Waals surface area contributed by atoms with Crippen molar-refractivity contribution in [2.45, 2.75) is 11.4 Å². The Morgan fingerprint density at radius 3 is 3.00 bits per heavy atom. The van der Waals surface area contributed by atoms with Crippen LogP contribution >= 0.6 is 0 Å². The van der Waals surface area contributed by atoms with Gasteiger partial charge in [-0.15, -0.1) is 0 Å². The molecule has 1 saturated heterocycles. The molecule has 0 aromatic carbocycles. The van der Waals surface area contributed by atoms with E-state index < -0.39 is 0 Å². The van der Waals surface area contributed by atoms with E-state index in [0.29, 0.717) is 15.0 Å². The van der Waals surface area contributed by atoms with Crippen LogP contribution in [0.15, 0.2) is 33.0 Å². The summed E-state index contributed by atoms with van der Waals surface area (Å²) >= 11 is 0.414. The van der Waals surface area contributed by atoms with Crippen molar-refractivity contribution in [3.8, 4) is 0 Å². The average Bonchev–Trinajstić information content (AvgIpc) is 2.78. The van der Waals surface area contributed by atoms with Crippen LogP contribution in [-0.4, -0.2) is 53.2 Å². The number of hydrogen-bond donors (Lipinski definition) is 0. The zero-order chi connectivity index (χ0) is 13.1. The maximum absolute atomic E-state index is 11.8. The third-order valence-electron chi connectivity index (χ3n) is 2.98. The number of methoxy groups -OCH3 is 1. The topological polar surface area (TPSA) is 54.3 Å². The van der Waals surface area contributed by atoms with Gasteiger partial charge in [-0.1, -0.05) is 0 Å². The first-order valence-corrected chi connectivity index (χ1v) is 7.87. The number of hydrogen-bond acceptors (Lipinski definition) is 4.